The highest BCUT2D eigenvalue weighted by Gasteiger charge is 2.34. The van der Waals surface area contributed by atoms with Crippen LogP contribution in [0.5, 0.6) is 0 Å². The van der Waals surface area contributed by atoms with E-state index in [2.05, 4.69) is 11.0 Å². The highest BCUT2D eigenvalue weighted by molar-refractivity contribution is 7.99. The Balaban J connectivity index is 1.62. The molecule has 2 unspecified atom stereocenters. The van der Waals surface area contributed by atoms with Crippen molar-refractivity contribution < 1.29 is 9.18 Å². The first-order valence-electron chi connectivity index (χ1n) is 8.42. The molecule has 2 atom stereocenters. The zero-order valence-corrected chi connectivity index (χ0v) is 14.5. The van der Waals surface area contributed by atoms with Gasteiger partial charge in [-0.1, -0.05) is 12.1 Å². The third-order valence-corrected chi connectivity index (χ3v) is 5.73. The Bertz CT molecular complexity index is 633. The molecule has 1 amide bonds. The van der Waals surface area contributed by atoms with Gasteiger partial charge in [0.2, 0.25) is 5.91 Å². The van der Waals surface area contributed by atoms with Gasteiger partial charge in [-0.25, -0.2) is 4.39 Å². The first kappa shape index (κ1) is 17.2. The van der Waals surface area contributed by atoms with Crippen LogP contribution in [-0.4, -0.2) is 52.9 Å². The molecule has 2 fully saturated rings. The Morgan fingerprint density at radius 1 is 1.42 bits per heavy atom. The number of piperidine rings is 1. The van der Waals surface area contributed by atoms with Crippen molar-refractivity contribution in [1.29, 1.82) is 5.26 Å². The minimum absolute atomic E-state index is 0.0498. The van der Waals surface area contributed by atoms with Gasteiger partial charge in [-0.15, -0.1) is 0 Å². The van der Waals surface area contributed by atoms with E-state index >= 15 is 0 Å². The standard InChI is InChI=1S/C18H22FN3OS/c19-16-5-1-3-14(9-16)11-21-6-2-4-15(12-21)18(23)22-7-8-24-13-17(22)10-20/h1,3,5,9,15,17H,2,4,6-8,11-13H2. The largest absolute Gasteiger partial charge is 0.325 e. The van der Waals surface area contributed by atoms with Gasteiger partial charge in [0.15, 0.2) is 0 Å². The second kappa shape index (κ2) is 8.00. The number of benzene rings is 1. The van der Waals surface area contributed by atoms with Crippen LogP contribution in [0.4, 0.5) is 4.39 Å². The Kier molecular flexibility index (Phi) is 5.75. The number of carbonyl (C=O) groups is 1. The molecule has 0 spiro atoms. The molecule has 1 aromatic carbocycles. The smallest absolute Gasteiger partial charge is 0.228 e. The molecule has 0 bridgehead atoms. The normalized spacial score (nSPS) is 25.2. The van der Waals surface area contributed by atoms with Crippen molar-refractivity contribution in [3.05, 3.63) is 35.6 Å². The summed E-state index contributed by atoms with van der Waals surface area (Å²) in [6.45, 7) is 2.95. The Labute approximate surface area is 146 Å². The van der Waals surface area contributed by atoms with Crippen molar-refractivity contribution in [3.63, 3.8) is 0 Å². The summed E-state index contributed by atoms with van der Waals surface area (Å²) in [6, 6.07) is 8.61. The molecule has 6 heteroatoms. The van der Waals surface area contributed by atoms with E-state index < -0.39 is 0 Å². The fourth-order valence-electron chi connectivity index (χ4n) is 3.50. The van der Waals surface area contributed by atoms with Gasteiger partial charge in [0.05, 0.1) is 12.0 Å². The average Bonchev–Trinajstić information content (AvgIpc) is 2.61. The lowest BCUT2D eigenvalue weighted by Gasteiger charge is -2.38. The first-order chi connectivity index (χ1) is 11.7. The van der Waals surface area contributed by atoms with Crippen molar-refractivity contribution in [2.24, 2.45) is 5.92 Å². The van der Waals surface area contributed by atoms with E-state index in [0.29, 0.717) is 25.4 Å². The van der Waals surface area contributed by atoms with Gasteiger partial charge in [-0.3, -0.25) is 9.69 Å². The molecular weight excluding hydrogens is 325 g/mol. The molecule has 0 saturated carbocycles. The van der Waals surface area contributed by atoms with Gasteiger partial charge >= 0.3 is 0 Å². The molecule has 24 heavy (non-hydrogen) atoms. The predicted molar refractivity (Wildman–Crippen MR) is 92.8 cm³/mol. The van der Waals surface area contributed by atoms with Crippen molar-refractivity contribution in [1.82, 2.24) is 9.80 Å². The number of thioether (sulfide) groups is 1. The summed E-state index contributed by atoms with van der Waals surface area (Å²) in [6.07, 6.45) is 1.84. The summed E-state index contributed by atoms with van der Waals surface area (Å²) < 4.78 is 13.3. The predicted octanol–water partition coefficient (Wildman–Crippen LogP) is 2.51. The van der Waals surface area contributed by atoms with Crippen LogP contribution in [0.25, 0.3) is 0 Å². The van der Waals surface area contributed by atoms with E-state index in [4.69, 9.17) is 0 Å². The minimum Gasteiger partial charge on any atom is -0.325 e. The fraction of sp³-hybridized carbons (Fsp3) is 0.556. The number of halogens is 1. The number of nitrogens with zero attached hydrogens (tertiary/aromatic N) is 3. The van der Waals surface area contributed by atoms with E-state index in [0.717, 1.165) is 30.7 Å². The maximum absolute atomic E-state index is 13.3. The summed E-state index contributed by atoms with van der Waals surface area (Å²) in [7, 11) is 0. The van der Waals surface area contributed by atoms with Gasteiger partial charge < -0.3 is 4.90 Å². The zero-order valence-electron chi connectivity index (χ0n) is 13.7. The third-order valence-electron chi connectivity index (χ3n) is 4.71. The summed E-state index contributed by atoms with van der Waals surface area (Å²) in [5.74, 6) is 1.46. The lowest BCUT2D eigenvalue weighted by atomic mass is 9.95. The molecule has 1 aromatic rings. The van der Waals surface area contributed by atoms with Crippen molar-refractivity contribution >= 4 is 17.7 Å². The van der Waals surface area contributed by atoms with E-state index in [9.17, 15) is 14.4 Å². The number of likely N-dealkylation sites (tertiary alicyclic amines) is 1. The van der Waals surface area contributed by atoms with Gasteiger partial charge in [0.1, 0.15) is 11.9 Å². The van der Waals surface area contributed by atoms with E-state index in [1.807, 2.05) is 6.07 Å². The molecule has 2 aliphatic rings. The quantitative estimate of drug-likeness (QED) is 0.843. The van der Waals surface area contributed by atoms with Crippen molar-refractivity contribution in [2.45, 2.75) is 25.4 Å². The van der Waals surface area contributed by atoms with Gasteiger partial charge in [-0.2, -0.15) is 17.0 Å². The van der Waals surface area contributed by atoms with Crippen LogP contribution in [0.2, 0.25) is 0 Å². The number of hydrogen-bond acceptors (Lipinski definition) is 4. The highest BCUT2D eigenvalue weighted by atomic mass is 32.2. The van der Waals surface area contributed by atoms with E-state index in [-0.39, 0.29) is 23.7 Å². The van der Waals surface area contributed by atoms with Crippen LogP contribution >= 0.6 is 11.8 Å². The number of carbonyl (C=O) groups excluding carboxylic acids is 1. The molecule has 4 nitrogen and oxygen atoms in total. The summed E-state index contributed by atoms with van der Waals surface area (Å²) >= 11 is 1.74. The molecule has 3 rings (SSSR count). The zero-order chi connectivity index (χ0) is 16.9. The monoisotopic (exact) mass is 347 g/mol. The lowest BCUT2D eigenvalue weighted by molar-refractivity contribution is -0.138. The molecule has 0 aromatic heterocycles. The molecular formula is C18H22FN3OS. The van der Waals surface area contributed by atoms with Crippen LogP contribution in [-0.2, 0) is 11.3 Å². The Hall–Kier alpha value is -1.58. The van der Waals surface area contributed by atoms with E-state index in [1.54, 1.807) is 28.8 Å². The van der Waals surface area contributed by atoms with Crippen molar-refractivity contribution in [3.8, 4) is 6.07 Å². The average molecular weight is 347 g/mol. The van der Waals surface area contributed by atoms with Crippen LogP contribution in [0.3, 0.4) is 0 Å². The lowest BCUT2D eigenvalue weighted by Crippen LogP contribution is -2.51. The van der Waals surface area contributed by atoms with Crippen LogP contribution in [0.15, 0.2) is 24.3 Å². The number of amides is 1. The molecule has 2 saturated heterocycles. The summed E-state index contributed by atoms with van der Waals surface area (Å²) in [4.78, 5) is 16.8. The minimum atomic E-state index is -0.296. The second-order valence-corrected chi connectivity index (χ2v) is 7.61. The SMILES string of the molecule is N#CC1CSCCN1C(=O)C1CCCN(Cc2cccc(F)c2)C1. The first-order valence-corrected chi connectivity index (χ1v) is 9.57. The molecule has 2 aliphatic heterocycles. The van der Waals surface area contributed by atoms with Crippen LogP contribution in [0, 0.1) is 23.1 Å². The Morgan fingerprint density at radius 3 is 3.08 bits per heavy atom. The maximum Gasteiger partial charge on any atom is 0.228 e. The number of hydrogen-bond donors (Lipinski definition) is 0. The topological polar surface area (TPSA) is 47.3 Å². The highest BCUT2D eigenvalue weighted by Crippen LogP contribution is 2.24. The molecule has 0 N–H and O–H groups in total. The maximum atomic E-state index is 13.3. The van der Waals surface area contributed by atoms with Gasteiger partial charge in [0, 0.05) is 31.1 Å². The van der Waals surface area contributed by atoms with Crippen molar-refractivity contribution in [2.75, 3.05) is 31.1 Å². The van der Waals surface area contributed by atoms with E-state index in [1.165, 1.54) is 6.07 Å². The summed E-state index contributed by atoms with van der Waals surface area (Å²) in [5, 5.41) is 9.28. The third kappa shape index (κ3) is 4.08. The Morgan fingerprint density at radius 2 is 2.29 bits per heavy atom. The van der Waals surface area contributed by atoms with Gasteiger partial charge in [0.25, 0.3) is 0 Å². The molecule has 2 heterocycles. The number of rotatable bonds is 3. The molecule has 0 radical (unpaired) electrons. The second-order valence-electron chi connectivity index (χ2n) is 6.46. The van der Waals surface area contributed by atoms with Crippen LogP contribution in [0.1, 0.15) is 18.4 Å². The molecule has 0 aliphatic carbocycles. The van der Waals surface area contributed by atoms with Crippen LogP contribution < -0.4 is 0 Å². The fourth-order valence-corrected chi connectivity index (χ4v) is 4.47. The van der Waals surface area contributed by atoms with Gasteiger partial charge in [-0.05, 0) is 37.1 Å². The summed E-state index contributed by atoms with van der Waals surface area (Å²) in [5.41, 5.74) is 0.937. The number of nitriles is 1. The molecule has 128 valence electrons.